The minimum atomic E-state index is -1.03. The molecule has 18 heavy (non-hydrogen) atoms. The van der Waals surface area contributed by atoms with Crippen molar-refractivity contribution in [3.8, 4) is 0 Å². The van der Waals surface area contributed by atoms with E-state index in [2.05, 4.69) is 10.2 Å². The van der Waals surface area contributed by atoms with E-state index in [0.29, 0.717) is 5.57 Å². The quantitative estimate of drug-likeness (QED) is 0.725. The number of likely N-dealkylation sites (tertiary alicyclic amines) is 1. The van der Waals surface area contributed by atoms with Crippen LogP contribution in [0.1, 0.15) is 33.1 Å². The summed E-state index contributed by atoms with van der Waals surface area (Å²) in [6.07, 6.45) is 3.51. The fourth-order valence-corrected chi connectivity index (χ4v) is 2.30. The van der Waals surface area contributed by atoms with Gasteiger partial charge in [0.1, 0.15) is 0 Å². The predicted octanol–water partition coefficient (Wildman–Crippen LogP) is 0.760. The third-order valence-corrected chi connectivity index (χ3v) is 3.84. The Balaban J connectivity index is 1.88. The van der Waals surface area contributed by atoms with Gasteiger partial charge in [0.2, 0.25) is 5.91 Å². The Morgan fingerprint density at radius 3 is 2.39 bits per heavy atom. The van der Waals surface area contributed by atoms with Crippen molar-refractivity contribution in [3.05, 3.63) is 11.1 Å². The van der Waals surface area contributed by atoms with Crippen LogP contribution >= 0.6 is 0 Å². The Labute approximate surface area is 107 Å². The highest BCUT2D eigenvalue weighted by Gasteiger charge is 2.34. The first kappa shape index (κ1) is 13.1. The lowest BCUT2D eigenvalue weighted by Crippen LogP contribution is -2.38. The predicted molar refractivity (Wildman–Crippen MR) is 67.2 cm³/mol. The number of nitrogens with zero attached hydrogens (tertiary/aromatic N) is 1. The lowest BCUT2D eigenvalue weighted by Gasteiger charge is -2.16. The van der Waals surface area contributed by atoms with E-state index in [-0.39, 0.29) is 17.5 Å². The molecule has 1 saturated carbocycles. The molecule has 0 aromatic heterocycles. The Hall–Kier alpha value is -1.36. The molecule has 1 unspecified atom stereocenters. The summed E-state index contributed by atoms with van der Waals surface area (Å²) in [7, 11) is 0. The van der Waals surface area contributed by atoms with Crippen molar-refractivity contribution in [2.75, 3.05) is 13.1 Å². The van der Waals surface area contributed by atoms with Gasteiger partial charge in [-0.25, -0.2) is 4.79 Å². The van der Waals surface area contributed by atoms with Gasteiger partial charge < -0.3 is 10.4 Å². The number of hydrogen-bond acceptors (Lipinski definition) is 3. The number of aliphatic carboxylic acids is 1. The molecule has 1 amide bonds. The van der Waals surface area contributed by atoms with Gasteiger partial charge in [-0.2, -0.15) is 0 Å². The number of carbonyl (C=O) groups is 2. The second kappa shape index (κ2) is 5.10. The van der Waals surface area contributed by atoms with Gasteiger partial charge in [0.15, 0.2) is 0 Å². The van der Waals surface area contributed by atoms with E-state index in [4.69, 9.17) is 5.11 Å². The third-order valence-electron chi connectivity index (χ3n) is 3.84. The number of carboxylic acids is 1. The van der Waals surface area contributed by atoms with Crippen molar-refractivity contribution in [1.82, 2.24) is 10.2 Å². The van der Waals surface area contributed by atoms with Gasteiger partial charge in [-0.05, 0) is 33.1 Å². The molecule has 2 aliphatic rings. The minimum absolute atomic E-state index is 0.115. The molecule has 100 valence electrons. The molecule has 5 heteroatoms. The van der Waals surface area contributed by atoms with E-state index >= 15 is 0 Å². The molecule has 0 aromatic rings. The maximum atomic E-state index is 11.9. The van der Waals surface area contributed by atoms with E-state index in [1.807, 2.05) is 0 Å². The highest BCUT2D eigenvalue weighted by atomic mass is 16.4. The Morgan fingerprint density at radius 1 is 1.17 bits per heavy atom. The zero-order valence-electron chi connectivity index (χ0n) is 10.9. The van der Waals surface area contributed by atoms with Crippen molar-refractivity contribution in [2.24, 2.45) is 0 Å². The van der Waals surface area contributed by atoms with Crippen LogP contribution in [-0.2, 0) is 9.59 Å². The summed E-state index contributed by atoms with van der Waals surface area (Å²) in [5.74, 6) is -1.29. The normalized spacial score (nSPS) is 25.8. The molecule has 1 atom stereocenters. The largest absolute Gasteiger partial charge is 0.478 e. The number of hydrogen-bond donors (Lipinski definition) is 2. The molecule has 0 bridgehead atoms. The number of amides is 1. The molecule has 1 heterocycles. The molecule has 5 nitrogen and oxygen atoms in total. The van der Waals surface area contributed by atoms with Crippen LogP contribution in [0.4, 0.5) is 0 Å². The van der Waals surface area contributed by atoms with Crippen molar-refractivity contribution in [2.45, 2.75) is 45.2 Å². The first-order chi connectivity index (χ1) is 8.49. The van der Waals surface area contributed by atoms with Gasteiger partial charge in [0.25, 0.3) is 0 Å². The molecule has 0 spiro atoms. The molecule has 2 rings (SSSR count). The van der Waals surface area contributed by atoms with E-state index in [0.717, 1.165) is 25.6 Å². The van der Waals surface area contributed by atoms with Gasteiger partial charge in [-0.1, -0.05) is 0 Å². The molecular formula is C13H20N2O3. The van der Waals surface area contributed by atoms with Crippen LogP contribution in [0.3, 0.4) is 0 Å². The van der Waals surface area contributed by atoms with E-state index in [9.17, 15) is 9.59 Å². The summed E-state index contributed by atoms with van der Waals surface area (Å²) in [5, 5.41) is 11.8. The highest BCUT2D eigenvalue weighted by Crippen LogP contribution is 2.29. The van der Waals surface area contributed by atoms with Crippen LogP contribution < -0.4 is 5.32 Å². The second-order valence-corrected chi connectivity index (χ2v) is 5.24. The van der Waals surface area contributed by atoms with Gasteiger partial charge in [-0.15, -0.1) is 0 Å². The van der Waals surface area contributed by atoms with Crippen LogP contribution in [-0.4, -0.2) is 47.1 Å². The van der Waals surface area contributed by atoms with Crippen molar-refractivity contribution < 1.29 is 14.7 Å². The SMILES string of the molecule is CC(C(=O)O)=C(C)C(=O)NC1CCN(C2CC2)C1. The Kier molecular flexibility index (Phi) is 3.71. The molecule has 0 aromatic carbocycles. The lowest BCUT2D eigenvalue weighted by molar-refractivity contribution is -0.133. The van der Waals surface area contributed by atoms with Gasteiger partial charge >= 0.3 is 5.97 Å². The van der Waals surface area contributed by atoms with Crippen molar-refractivity contribution in [3.63, 3.8) is 0 Å². The topological polar surface area (TPSA) is 69.6 Å². The van der Waals surface area contributed by atoms with Crippen LogP contribution in [0.2, 0.25) is 0 Å². The zero-order chi connectivity index (χ0) is 13.3. The van der Waals surface area contributed by atoms with Crippen molar-refractivity contribution >= 4 is 11.9 Å². The van der Waals surface area contributed by atoms with Crippen LogP contribution in [0.25, 0.3) is 0 Å². The van der Waals surface area contributed by atoms with Crippen molar-refractivity contribution in [1.29, 1.82) is 0 Å². The molecule has 0 radical (unpaired) electrons. The van der Waals surface area contributed by atoms with E-state index in [1.54, 1.807) is 6.92 Å². The summed E-state index contributed by atoms with van der Waals surface area (Å²) in [4.78, 5) is 25.1. The first-order valence-corrected chi connectivity index (χ1v) is 6.44. The summed E-state index contributed by atoms with van der Waals surface area (Å²) < 4.78 is 0. The summed E-state index contributed by atoms with van der Waals surface area (Å²) >= 11 is 0. The van der Waals surface area contributed by atoms with Gasteiger partial charge in [0, 0.05) is 36.3 Å². The number of carboxylic acid groups (broad SMARTS) is 1. The smallest absolute Gasteiger partial charge is 0.331 e. The molecular weight excluding hydrogens is 232 g/mol. The maximum absolute atomic E-state index is 11.9. The Morgan fingerprint density at radius 2 is 1.83 bits per heavy atom. The van der Waals surface area contributed by atoms with E-state index in [1.165, 1.54) is 19.8 Å². The summed E-state index contributed by atoms with van der Waals surface area (Å²) in [6, 6.07) is 0.888. The molecule has 2 N–H and O–H groups in total. The number of rotatable bonds is 4. The van der Waals surface area contributed by atoms with Gasteiger partial charge in [-0.3, -0.25) is 9.69 Å². The second-order valence-electron chi connectivity index (χ2n) is 5.24. The zero-order valence-corrected chi connectivity index (χ0v) is 10.9. The average Bonchev–Trinajstić information content (AvgIpc) is 3.08. The summed E-state index contributed by atoms with van der Waals surface area (Å²) in [5.41, 5.74) is 0.414. The molecule has 1 saturated heterocycles. The first-order valence-electron chi connectivity index (χ1n) is 6.44. The fraction of sp³-hybridized carbons (Fsp3) is 0.692. The fourth-order valence-electron chi connectivity index (χ4n) is 2.30. The lowest BCUT2D eigenvalue weighted by atomic mass is 10.1. The molecule has 2 fully saturated rings. The van der Waals surface area contributed by atoms with Gasteiger partial charge in [0.05, 0.1) is 0 Å². The molecule has 1 aliphatic heterocycles. The molecule has 1 aliphatic carbocycles. The summed E-state index contributed by atoms with van der Waals surface area (Å²) in [6.45, 7) is 4.96. The average molecular weight is 252 g/mol. The number of carbonyl (C=O) groups excluding carboxylic acids is 1. The monoisotopic (exact) mass is 252 g/mol. The highest BCUT2D eigenvalue weighted by molar-refractivity contribution is 6.01. The van der Waals surface area contributed by atoms with E-state index < -0.39 is 5.97 Å². The van der Waals surface area contributed by atoms with Crippen LogP contribution in [0.5, 0.6) is 0 Å². The Bertz CT molecular complexity index is 399. The third kappa shape index (κ3) is 2.90. The maximum Gasteiger partial charge on any atom is 0.331 e. The van der Waals surface area contributed by atoms with Crippen LogP contribution in [0, 0.1) is 0 Å². The minimum Gasteiger partial charge on any atom is -0.478 e. The number of nitrogens with one attached hydrogen (secondary N) is 1. The van der Waals surface area contributed by atoms with Crippen LogP contribution in [0.15, 0.2) is 11.1 Å². The standard InChI is InChI=1S/C13H20N2O3/c1-8(9(2)13(17)18)12(16)14-10-5-6-15(7-10)11-3-4-11/h10-11H,3-7H2,1-2H3,(H,14,16)(H,17,18).